The van der Waals surface area contributed by atoms with Gasteiger partial charge in [0.05, 0.1) is 0 Å². The minimum absolute atomic E-state index is 0.0138. The zero-order chi connectivity index (χ0) is 14.6. The molecule has 0 aromatic heterocycles. The molecule has 2 atom stereocenters. The summed E-state index contributed by atoms with van der Waals surface area (Å²) in [4.78, 5) is 26.8. The van der Waals surface area contributed by atoms with E-state index in [4.69, 9.17) is 0 Å². The number of carbonyl (C=O) groups is 2. The standard InChI is InChI=1S/C15H28N2O2/c1-6-9-12-15(19)17(11(7-2)8-3)13(10(4)5)14(18)16-12/h10-13H,6-9H2,1-5H3,(H,16,18). The topological polar surface area (TPSA) is 49.4 Å². The third-order valence-electron chi connectivity index (χ3n) is 3.98. The number of hydrogen-bond donors (Lipinski definition) is 1. The molecule has 0 aromatic carbocycles. The fraction of sp³-hybridized carbons (Fsp3) is 0.867. The number of rotatable bonds is 6. The molecule has 1 heterocycles. The monoisotopic (exact) mass is 268 g/mol. The minimum Gasteiger partial charge on any atom is -0.342 e. The van der Waals surface area contributed by atoms with Crippen LogP contribution in [0.15, 0.2) is 0 Å². The van der Waals surface area contributed by atoms with Gasteiger partial charge in [-0.05, 0) is 25.2 Å². The van der Waals surface area contributed by atoms with Crippen molar-refractivity contribution < 1.29 is 9.59 Å². The lowest BCUT2D eigenvalue weighted by Crippen LogP contribution is -2.66. The molecule has 19 heavy (non-hydrogen) atoms. The van der Waals surface area contributed by atoms with Crippen LogP contribution in [0.3, 0.4) is 0 Å². The fourth-order valence-corrected chi connectivity index (χ4v) is 2.96. The van der Waals surface area contributed by atoms with E-state index in [0.717, 1.165) is 25.7 Å². The second-order valence-corrected chi connectivity index (χ2v) is 5.75. The van der Waals surface area contributed by atoms with Gasteiger partial charge in [-0.1, -0.05) is 41.0 Å². The van der Waals surface area contributed by atoms with E-state index < -0.39 is 0 Å². The largest absolute Gasteiger partial charge is 0.342 e. The maximum absolute atomic E-state index is 12.6. The molecule has 1 fully saturated rings. The molecule has 1 rings (SSSR count). The first kappa shape index (κ1) is 16.0. The van der Waals surface area contributed by atoms with E-state index in [2.05, 4.69) is 19.2 Å². The Balaban J connectivity index is 3.06. The lowest BCUT2D eigenvalue weighted by atomic mass is 9.92. The van der Waals surface area contributed by atoms with Gasteiger partial charge in [0.2, 0.25) is 11.8 Å². The Kier molecular flexibility index (Phi) is 5.83. The molecule has 1 saturated heterocycles. The molecule has 0 saturated carbocycles. The Labute approximate surface area is 116 Å². The van der Waals surface area contributed by atoms with Crippen LogP contribution in [0.1, 0.15) is 60.3 Å². The normalized spacial score (nSPS) is 24.3. The zero-order valence-corrected chi connectivity index (χ0v) is 12.9. The summed E-state index contributed by atoms with van der Waals surface area (Å²) in [6.45, 7) is 10.2. The summed E-state index contributed by atoms with van der Waals surface area (Å²) in [5.74, 6) is 0.265. The van der Waals surface area contributed by atoms with Gasteiger partial charge in [-0.2, -0.15) is 0 Å². The number of nitrogens with zero attached hydrogens (tertiary/aromatic N) is 1. The van der Waals surface area contributed by atoms with Gasteiger partial charge < -0.3 is 10.2 Å². The van der Waals surface area contributed by atoms with Crippen LogP contribution in [-0.2, 0) is 9.59 Å². The van der Waals surface area contributed by atoms with Gasteiger partial charge in [0.15, 0.2) is 0 Å². The van der Waals surface area contributed by atoms with Crippen LogP contribution < -0.4 is 5.32 Å². The first-order valence-corrected chi connectivity index (χ1v) is 7.60. The summed E-state index contributed by atoms with van der Waals surface area (Å²) in [5.41, 5.74) is 0. The second-order valence-electron chi connectivity index (χ2n) is 5.75. The van der Waals surface area contributed by atoms with Gasteiger partial charge in [0.1, 0.15) is 12.1 Å². The number of amides is 2. The lowest BCUT2D eigenvalue weighted by molar-refractivity contribution is -0.154. The van der Waals surface area contributed by atoms with Crippen LogP contribution in [0.25, 0.3) is 0 Å². The molecule has 1 N–H and O–H groups in total. The number of carbonyl (C=O) groups excluding carboxylic acids is 2. The molecule has 110 valence electrons. The molecule has 0 aliphatic carbocycles. The Morgan fingerprint density at radius 1 is 1.16 bits per heavy atom. The number of hydrogen-bond acceptors (Lipinski definition) is 2. The maximum atomic E-state index is 12.6. The third-order valence-corrected chi connectivity index (χ3v) is 3.98. The van der Waals surface area contributed by atoms with E-state index in [9.17, 15) is 9.59 Å². The molecule has 0 bridgehead atoms. The van der Waals surface area contributed by atoms with E-state index in [1.165, 1.54) is 0 Å². The first-order chi connectivity index (χ1) is 8.97. The third kappa shape index (κ3) is 3.28. The van der Waals surface area contributed by atoms with Gasteiger partial charge in [-0.3, -0.25) is 9.59 Å². The van der Waals surface area contributed by atoms with Gasteiger partial charge in [-0.25, -0.2) is 0 Å². The summed E-state index contributed by atoms with van der Waals surface area (Å²) in [5, 5.41) is 2.90. The van der Waals surface area contributed by atoms with Crippen LogP contribution in [0.4, 0.5) is 0 Å². The molecule has 1 aliphatic rings. The van der Waals surface area contributed by atoms with E-state index in [1.54, 1.807) is 0 Å². The molecule has 0 aromatic rings. The van der Waals surface area contributed by atoms with Crippen molar-refractivity contribution in [3.05, 3.63) is 0 Å². The van der Waals surface area contributed by atoms with Crippen molar-refractivity contribution in [2.75, 3.05) is 0 Å². The summed E-state index contributed by atoms with van der Waals surface area (Å²) in [6, 6.07) is -0.469. The van der Waals surface area contributed by atoms with Gasteiger partial charge in [0, 0.05) is 6.04 Å². The van der Waals surface area contributed by atoms with Crippen molar-refractivity contribution in [2.24, 2.45) is 5.92 Å². The highest BCUT2D eigenvalue weighted by atomic mass is 16.2. The van der Waals surface area contributed by atoms with Crippen molar-refractivity contribution >= 4 is 11.8 Å². The summed E-state index contributed by atoms with van der Waals surface area (Å²) >= 11 is 0. The molecular formula is C15H28N2O2. The molecular weight excluding hydrogens is 240 g/mol. The fourth-order valence-electron chi connectivity index (χ4n) is 2.96. The maximum Gasteiger partial charge on any atom is 0.246 e. The van der Waals surface area contributed by atoms with Crippen LogP contribution in [0.5, 0.6) is 0 Å². The Morgan fingerprint density at radius 3 is 2.16 bits per heavy atom. The van der Waals surface area contributed by atoms with E-state index in [-0.39, 0.29) is 35.9 Å². The average Bonchev–Trinajstić information content (AvgIpc) is 2.35. The van der Waals surface area contributed by atoms with Crippen LogP contribution >= 0.6 is 0 Å². The molecule has 0 radical (unpaired) electrons. The van der Waals surface area contributed by atoms with Crippen molar-refractivity contribution in [2.45, 2.75) is 78.4 Å². The quantitative estimate of drug-likeness (QED) is 0.803. The highest BCUT2D eigenvalue weighted by Gasteiger charge is 2.43. The van der Waals surface area contributed by atoms with Crippen molar-refractivity contribution in [3.8, 4) is 0 Å². The van der Waals surface area contributed by atoms with Gasteiger partial charge in [0.25, 0.3) is 0 Å². The van der Waals surface area contributed by atoms with Crippen LogP contribution in [0, 0.1) is 5.92 Å². The van der Waals surface area contributed by atoms with Crippen LogP contribution in [0.2, 0.25) is 0 Å². The molecule has 4 nitrogen and oxygen atoms in total. The molecule has 2 amide bonds. The Morgan fingerprint density at radius 2 is 1.74 bits per heavy atom. The molecule has 0 spiro atoms. The Bertz CT molecular complexity index is 324. The van der Waals surface area contributed by atoms with Crippen LogP contribution in [-0.4, -0.2) is 34.8 Å². The van der Waals surface area contributed by atoms with E-state index in [1.807, 2.05) is 25.7 Å². The molecule has 2 unspecified atom stereocenters. The van der Waals surface area contributed by atoms with Crippen molar-refractivity contribution in [1.29, 1.82) is 0 Å². The Hall–Kier alpha value is -1.06. The summed E-state index contributed by atoms with van der Waals surface area (Å²) in [7, 11) is 0. The second kappa shape index (κ2) is 6.92. The van der Waals surface area contributed by atoms with Crippen molar-refractivity contribution in [3.63, 3.8) is 0 Å². The summed E-state index contributed by atoms with van der Waals surface area (Å²) in [6.07, 6.45) is 3.43. The highest BCUT2D eigenvalue weighted by Crippen LogP contribution is 2.24. The number of piperazine rings is 1. The first-order valence-electron chi connectivity index (χ1n) is 7.60. The van der Waals surface area contributed by atoms with Gasteiger partial charge >= 0.3 is 0 Å². The smallest absolute Gasteiger partial charge is 0.246 e. The molecule has 4 heteroatoms. The average molecular weight is 268 g/mol. The summed E-state index contributed by atoms with van der Waals surface area (Å²) < 4.78 is 0. The highest BCUT2D eigenvalue weighted by molar-refractivity contribution is 5.97. The predicted octanol–water partition coefficient (Wildman–Crippen LogP) is 2.33. The SMILES string of the molecule is CCCC1NC(=O)C(C(C)C)N(C(CC)CC)C1=O. The van der Waals surface area contributed by atoms with E-state index in [0.29, 0.717) is 0 Å². The van der Waals surface area contributed by atoms with Gasteiger partial charge in [-0.15, -0.1) is 0 Å². The predicted molar refractivity (Wildman–Crippen MR) is 76.7 cm³/mol. The lowest BCUT2D eigenvalue weighted by Gasteiger charge is -2.44. The minimum atomic E-state index is -0.326. The zero-order valence-electron chi connectivity index (χ0n) is 12.9. The number of nitrogens with one attached hydrogen (secondary N) is 1. The van der Waals surface area contributed by atoms with Crippen molar-refractivity contribution in [1.82, 2.24) is 10.2 Å². The molecule has 1 aliphatic heterocycles. The van der Waals surface area contributed by atoms with E-state index >= 15 is 0 Å².